The van der Waals surface area contributed by atoms with E-state index in [2.05, 4.69) is 31.0 Å². The first-order chi connectivity index (χ1) is 10.1. The molecule has 2 unspecified atom stereocenters. The molecule has 3 aliphatic rings. The van der Waals surface area contributed by atoms with Crippen molar-refractivity contribution in [1.82, 2.24) is 10.2 Å². The van der Waals surface area contributed by atoms with E-state index in [9.17, 15) is 0 Å². The highest BCUT2D eigenvalue weighted by Crippen LogP contribution is 2.43. The predicted octanol–water partition coefficient (Wildman–Crippen LogP) is 3.19. The van der Waals surface area contributed by atoms with Gasteiger partial charge in [0.15, 0.2) is 0 Å². The minimum absolute atomic E-state index is 0.352. The van der Waals surface area contributed by atoms with E-state index in [0.29, 0.717) is 17.2 Å². The molecule has 3 fully saturated rings. The van der Waals surface area contributed by atoms with Crippen LogP contribution in [0, 0.1) is 5.92 Å². The van der Waals surface area contributed by atoms with Crippen molar-refractivity contribution in [3.05, 3.63) is 0 Å². The summed E-state index contributed by atoms with van der Waals surface area (Å²) in [4.78, 5) is 2.82. The maximum absolute atomic E-state index is 5.85. The van der Waals surface area contributed by atoms with Crippen LogP contribution in [0.3, 0.4) is 0 Å². The monoisotopic (exact) mass is 294 g/mol. The highest BCUT2D eigenvalue weighted by Gasteiger charge is 2.49. The molecular formula is C18H34N2O. The molecule has 21 heavy (non-hydrogen) atoms. The molecule has 0 bridgehead atoms. The summed E-state index contributed by atoms with van der Waals surface area (Å²) in [7, 11) is 0. The maximum Gasteiger partial charge on any atom is 0.0588 e. The second-order valence-electron chi connectivity index (χ2n) is 7.82. The van der Waals surface area contributed by atoms with Crippen molar-refractivity contribution in [2.75, 3.05) is 26.2 Å². The second kappa shape index (κ2) is 6.17. The first-order valence-electron chi connectivity index (χ1n) is 9.23. The van der Waals surface area contributed by atoms with E-state index in [-0.39, 0.29) is 0 Å². The smallest absolute Gasteiger partial charge is 0.0588 e. The molecule has 1 aliphatic carbocycles. The van der Waals surface area contributed by atoms with E-state index in [0.717, 1.165) is 12.5 Å². The largest absolute Gasteiger partial charge is 0.378 e. The lowest BCUT2D eigenvalue weighted by molar-refractivity contribution is -0.0143. The summed E-state index contributed by atoms with van der Waals surface area (Å²) in [5.74, 6) is 0.912. The number of hydrogen-bond acceptors (Lipinski definition) is 3. The molecule has 0 amide bonds. The zero-order valence-electron chi connectivity index (χ0n) is 14.3. The minimum atomic E-state index is 0.352. The highest BCUT2D eigenvalue weighted by atomic mass is 16.5. The molecule has 1 N–H and O–H groups in total. The Kier molecular flexibility index (Phi) is 4.63. The molecule has 2 saturated heterocycles. The Morgan fingerprint density at radius 3 is 2.52 bits per heavy atom. The van der Waals surface area contributed by atoms with Gasteiger partial charge >= 0.3 is 0 Å². The van der Waals surface area contributed by atoms with Crippen molar-refractivity contribution in [2.24, 2.45) is 5.92 Å². The van der Waals surface area contributed by atoms with Crippen LogP contribution in [0.1, 0.15) is 65.7 Å². The van der Waals surface area contributed by atoms with Gasteiger partial charge in [-0.25, -0.2) is 0 Å². The van der Waals surface area contributed by atoms with Crippen molar-refractivity contribution in [2.45, 2.75) is 82.9 Å². The highest BCUT2D eigenvalue weighted by molar-refractivity contribution is 5.08. The van der Waals surface area contributed by atoms with Crippen molar-refractivity contribution in [1.29, 1.82) is 0 Å². The number of nitrogens with one attached hydrogen (secondary N) is 1. The van der Waals surface area contributed by atoms with Crippen molar-refractivity contribution in [3.63, 3.8) is 0 Å². The lowest BCUT2D eigenvalue weighted by atomic mass is 9.81. The van der Waals surface area contributed by atoms with Gasteiger partial charge in [0.25, 0.3) is 0 Å². The molecular weight excluding hydrogens is 260 g/mol. The fourth-order valence-electron chi connectivity index (χ4n) is 4.53. The number of nitrogens with zero attached hydrogens (tertiary/aromatic N) is 1. The molecule has 3 rings (SSSR count). The Morgan fingerprint density at radius 2 is 1.95 bits per heavy atom. The Morgan fingerprint density at radius 1 is 1.19 bits per heavy atom. The molecule has 0 radical (unpaired) electrons. The molecule has 0 aromatic carbocycles. The maximum atomic E-state index is 5.85. The van der Waals surface area contributed by atoms with Crippen molar-refractivity contribution >= 4 is 0 Å². The average molecular weight is 294 g/mol. The normalized spacial score (nSPS) is 37.0. The van der Waals surface area contributed by atoms with E-state index in [4.69, 9.17) is 4.74 Å². The van der Waals surface area contributed by atoms with Crippen LogP contribution in [-0.4, -0.2) is 48.3 Å². The van der Waals surface area contributed by atoms with Crippen LogP contribution in [0.2, 0.25) is 0 Å². The summed E-state index contributed by atoms with van der Waals surface area (Å²) < 4.78 is 5.85. The minimum Gasteiger partial charge on any atom is -0.378 e. The van der Waals surface area contributed by atoms with Gasteiger partial charge in [-0.2, -0.15) is 0 Å². The molecule has 3 heteroatoms. The summed E-state index contributed by atoms with van der Waals surface area (Å²) >= 11 is 0. The third-order valence-electron chi connectivity index (χ3n) is 6.55. The predicted molar refractivity (Wildman–Crippen MR) is 87.6 cm³/mol. The molecule has 0 spiro atoms. The average Bonchev–Trinajstić information content (AvgIpc) is 3.24. The van der Waals surface area contributed by atoms with Gasteiger partial charge in [0.1, 0.15) is 0 Å². The third kappa shape index (κ3) is 3.16. The molecule has 0 aromatic heterocycles. The number of ether oxygens (including phenoxy) is 1. The quantitative estimate of drug-likeness (QED) is 0.814. The molecule has 2 aliphatic heterocycles. The number of piperazine rings is 1. The summed E-state index contributed by atoms with van der Waals surface area (Å²) in [5, 5.41) is 3.94. The van der Waals surface area contributed by atoms with Gasteiger partial charge in [0, 0.05) is 37.3 Å². The van der Waals surface area contributed by atoms with Crippen LogP contribution in [0.4, 0.5) is 0 Å². The zero-order chi connectivity index (χ0) is 14.9. The van der Waals surface area contributed by atoms with Crippen LogP contribution >= 0.6 is 0 Å². The van der Waals surface area contributed by atoms with Crippen LogP contribution in [-0.2, 0) is 4.74 Å². The zero-order valence-corrected chi connectivity index (χ0v) is 14.3. The van der Waals surface area contributed by atoms with Gasteiger partial charge in [-0.1, -0.05) is 13.8 Å². The number of hydrogen-bond donors (Lipinski definition) is 1. The second-order valence-corrected chi connectivity index (χ2v) is 7.82. The standard InChI is InChI=1S/C18H34N2O/c1-4-18(5-2)13-19-17(3,15-8-9-15)14-20(18)11-10-16-7-6-12-21-16/h15-16,19H,4-14H2,1-3H3. The molecule has 1 saturated carbocycles. The molecule has 0 aromatic rings. The van der Waals surface area contributed by atoms with Crippen molar-refractivity contribution < 1.29 is 4.74 Å². The van der Waals surface area contributed by atoms with Crippen LogP contribution in [0.5, 0.6) is 0 Å². The Labute approximate surface area is 130 Å². The lowest BCUT2D eigenvalue weighted by Gasteiger charge is -2.54. The van der Waals surface area contributed by atoms with Gasteiger partial charge < -0.3 is 10.1 Å². The van der Waals surface area contributed by atoms with Gasteiger partial charge in [0.2, 0.25) is 0 Å². The van der Waals surface area contributed by atoms with Gasteiger partial charge in [0.05, 0.1) is 6.10 Å². The Balaban J connectivity index is 1.66. The topological polar surface area (TPSA) is 24.5 Å². The number of rotatable bonds is 6. The van der Waals surface area contributed by atoms with E-state index >= 15 is 0 Å². The summed E-state index contributed by atoms with van der Waals surface area (Å²) in [6.07, 6.45) is 9.64. The third-order valence-corrected chi connectivity index (χ3v) is 6.55. The van der Waals surface area contributed by atoms with E-state index < -0.39 is 0 Å². The molecule has 2 heterocycles. The Bertz CT molecular complexity index is 345. The molecule has 122 valence electrons. The van der Waals surface area contributed by atoms with Gasteiger partial charge in [-0.3, -0.25) is 4.90 Å². The van der Waals surface area contributed by atoms with Crippen molar-refractivity contribution in [3.8, 4) is 0 Å². The molecule has 2 atom stereocenters. The van der Waals surface area contributed by atoms with E-state index in [1.165, 1.54) is 64.6 Å². The Hall–Kier alpha value is -0.120. The van der Waals surface area contributed by atoms with Gasteiger partial charge in [-0.15, -0.1) is 0 Å². The van der Waals surface area contributed by atoms with Crippen LogP contribution < -0.4 is 5.32 Å². The fraction of sp³-hybridized carbons (Fsp3) is 1.00. The summed E-state index contributed by atoms with van der Waals surface area (Å²) in [6, 6.07) is 0. The first-order valence-corrected chi connectivity index (χ1v) is 9.23. The SMILES string of the molecule is CCC1(CC)CNC(C)(C2CC2)CN1CCC1CCCO1. The summed E-state index contributed by atoms with van der Waals surface area (Å²) in [6.45, 7) is 11.8. The summed E-state index contributed by atoms with van der Waals surface area (Å²) in [5.41, 5.74) is 0.720. The van der Waals surface area contributed by atoms with Crippen LogP contribution in [0.15, 0.2) is 0 Å². The van der Waals surface area contributed by atoms with Crippen LogP contribution in [0.25, 0.3) is 0 Å². The van der Waals surface area contributed by atoms with Gasteiger partial charge in [-0.05, 0) is 57.8 Å². The first kappa shape index (κ1) is 15.8. The van der Waals surface area contributed by atoms with E-state index in [1.54, 1.807) is 0 Å². The lowest BCUT2D eigenvalue weighted by Crippen LogP contribution is -2.69. The fourth-order valence-corrected chi connectivity index (χ4v) is 4.53. The molecule has 3 nitrogen and oxygen atoms in total. The van der Waals surface area contributed by atoms with E-state index in [1.807, 2.05) is 0 Å².